The molecule has 0 atom stereocenters. The fourth-order valence-corrected chi connectivity index (χ4v) is 4.51. The van der Waals surface area contributed by atoms with Gasteiger partial charge in [0.25, 0.3) is 0 Å². The molecule has 2 aliphatic rings. The molecular formula is C30H46CoN4O4. The number of carbonyl (C=O) groups excluding carboxylic acids is 2. The van der Waals surface area contributed by atoms with Crippen molar-refractivity contribution < 1.29 is 36.6 Å². The normalized spacial score (nSPS) is 15.4. The maximum atomic E-state index is 11.4. The second kappa shape index (κ2) is 17.1. The molecule has 0 fully saturated rings. The van der Waals surface area contributed by atoms with Gasteiger partial charge in [0.2, 0.25) is 0 Å². The summed E-state index contributed by atoms with van der Waals surface area (Å²) >= 11 is 0. The molecule has 0 saturated carbocycles. The van der Waals surface area contributed by atoms with Gasteiger partial charge in [0.1, 0.15) is 11.9 Å². The van der Waals surface area contributed by atoms with Crippen molar-refractivity contribution in [2.75, 3.05) is 0 Å². The molecule has 0 amide bonds. The predicted molar refractivity (Wildman–Crippen MR) is 151 cm³/mol. The van der Waals surface area contributed by atoms with E-state index in [1.807, 2.05) is 55.4 Å². The summed E-state index contributed by atoms with van der Waals surface area (Å²) in [5.74, 6) is -2.35. The van der Waals surface area contributed by atoms with Gasteiger partial charge in [-0.2, -0.15) is 0 Å². The molecule has 0 unspecified atom stereocenters. The van der Waals surface area contributed by atoms with Gasteiger partial charge in [-0.1, -0.05) is 38.2 Å². The first-order valence-electron chi connectivity index (χ1n) is 13.7. The van der Waals surface area contributed by atoms with Crippen LogP contribution in [0, 0.1) is 0 Å². The van der Waals surface area contributed by atoms with Crippen LogP contribution in [0.5, 0.6) is 0 Å². The molecule has 0 saturated heterocycles. The molecule has 219 valence electrons. The first-order chi connectivity index (χ1) is 17.8. The van der Waals surface area contributed by atoms with E-state index in [0.717, 1.165) is 37.1 Å². The van der Waals surface area contributed by atoms with Crippen molar-refractivity contribution in [3.05, 3.63) is 46.8 Å². The van der Waals surface area contributed by atoms with Crippen molar-refractivity contribution in [1.82, 2.24) is 9.80 Å². The van der Waals surface area contributed by atoms with Gasteiger partial charge in [-0.3, -0.25) is 9.98 Å². The predicted octanol–water partition coefficient (Wildman–Crippen LogP) is 3.75. The van der Waals surface area contributed by atoms with Crippen molar-refractivity contribution in [3.8, 4) is 0 Å². The van der Waals surface area contributed by atoms with E-state index in [2.05, 4.69) is 48.1 Å². The Balaban J connectivity index is 0.000000722. The molecule has 1 radical (unpaired) electrons. The van der Waals surface area contributed by atoms with Crippen LogP contribution in [0.15, 0.2) is 56.8 Å². The van der Waals surface area contributed by atoms with Crippen molar-refractivity contribution in [1.29, 1.82) is 0 Å². The monoisotopic (exact) mass is 585 g/mol. The van der Waals surface area contributed by atoms with E-state index in [4.69, 9.17) is 0 Å². The average Bonchev–Trinajstić information content (AvgIpc) is 3.47. The summed E-state index contributed by atoms with van der Waals surface area (Å²) in [6, 6.07) is -0.0814. The zero-order chi connectivity index (χ0) is 29.2. The van der Waals surface area contributed by atoms with Crippen LogP contribution < -0.4 is 10.2 Å². The average molecular weight is 586 g/mol. The quantitative estimate of drug-likeness (QED) is 0.317. The number of aliphatic carboxylic acids is 2. The second-order valence-corrected chi connectivity index (χ2v) is 10.5. The van der Waals surface area contributed by atoms with Crippen LogP contribution in [0.3, 0.4) is 0 Å². The summed E-state index contributed by atoms with van der Waals surface area (Å²) in [5, 5.41) is 22.8. The summed E-state index contributed by atoms with van der Waals surface area (Å²) in [7, 11) is 0. The molecule has 0 aromatic rings. The molecule has 0 N–H and O–H groups in total. The first kappa shape index (κ1) is 36.3. The van der Waals surface area contributed by atoms with Gasteiger partial charge in [-0.05, 0) is 79.4 Å². The van der Waals surface area contributed by atoms with Crippen LogP contribution >= 0.6 is 0 Å². The number of aliphatic imine (C=N–C) groups is 2. The fourth-order valence-electron chi connectivity index (χ4n) is 4.51. The van der Waals surface area contributed by atoms with Crippen LogP contribution in [0.4, 0.5) is 0 Å². The Labute approximate surface area is 245 Å². The van der Waals surface area contributed by atoms with Crippen LogP contribution in [-0.4, -0.2) is 57.6 Å². The number of rotatable bonds is 8. The number of carboxylic acids is 2. The molecule has 0 bridgehead atoms. The van der Waals surface area contributed by atoms with Crippen LogP contribution in [-0.2, 0) is 26.4 Å². The standard InChI is InChI=1S/2C15H24N2O2.Co/c2*1-6-12-8-7-9-13(12)17(11(4)5)14(15(18)19)16-10(2)3;/h2*7-8,10-11H,6,9H2,1-5H3,(H,18,19);/q;;+2/p-2. The zero-order valence-electron chi connectivity index (χ0n) is 25.2. The Morgan fingerprint density at radius 2 is 1.03 bits per heavy atom. The largest absolute Gasteiger partial charge is 2.00 e. The number of allylic oxidation sites excluding steroid dienone is 6. The molecule has 0 aliphatic heterocycles. The zero-order valence-corrected chi connectivity index (χ0v) is 26.2. The minimum atomic E-state index is -1.21. The maximum absolute atomic E-state index is 11.4. The third-order valence-corrected chi connectivity index (χ3v) is 5.96. The van der Waals surface area contributed by atoms with E-state index < -0.39 is 11.9 Å². The van der Waals surface area contributed by atoms with Gasteiger partial charge in [0.05, 0.1) is 0 Å². The Kier molecular flexibility index (Phi) is 16.0. The van der Waals surface area contributed by atoms with Gasteiger partial charge in [-0.25, -0.2) is 0 Å². The van der Waals surface area contributed by atoms with Crippen molar-refractivity contribution in [3.63, 3.8) is 0 Å². The Morgan fingerprint density at radius 3 is 1.23 bits per heavy atom. The molecule has 0 spiro atoms. The van der Waals surface area contributed by atoms with Gasteiger partial charge >= 0.3 is 16.8 Å². The summed E-state index contributed by atoms with van der Waals surface area (Å²) < 4.78 is 0. The molecule has 0 heterocycles. The second-order valence-electron chi connectivity index (χ2n) is 10.5. The molecule has 0 aromatic carbocycles. The summed E-state index contributed by atoms with van der Waals surface area (Å²) in [4.78, 5) is 34.9. The molecular weight excluding hydrogens is 539 g/mol. The third-order valence-electron chi connectivity index (χ3n) is 5.96. The number of nitrogens with zero attached hydrogens (tertiary/aromatic N) is 4. The van der Waals surface area contributed by atoms with Crippen molar-refractivity contribution in [2.24, 2.45) is 9.98 Å². The van der Waals surface area contributed by atoms with Crippen LogP contribution in [0.2, 0.25) is 0 Å². The van der Waals surface area contributed by atoms with E-state index in [-0.39, 0.29) is 52.6 Å². The summed E-state index contributed by atoms with van der Waals surface area (Å²) in [5.41, 5.74) is 4.40. The Morgan fingerprint density at radius 1 is 0.718 bits per heavy atom. The SMILES string of the molecule is CCC1=C(N(C(=NC(C)C)C(=O)[O-])C(C)C)CC=C1.CCC1=C(N(C(=NC(C)C)C(=O)[O-])C(C)C)CC=C1.[Co+2]. The van der Waals surface area contributed by atoms with Crippen molar-refractivity contribution >= 4 is 23.6 Å². The molecule has 39 heavy (non-hydrogen) atoms. The van der Waals surface area contributed by atoms with Gasteiger partial charge in [0, 0.05) is 48.4 Å². The van der Waals surface area contributed by atoms with E-state index in [9.17, 15) is 19.8 Å². The summed E-state index contributed by atoms with van der Waals surface area (Å²) in [6.07, 6.45) is 11.5. The van der Waals surface area contributed by atoms with Crippen molar-refractivity contribution in [2.45, 2.75) is 119 Å². The minimum absolute atomic E-state index is 0. The van der Waals surface area contributed by atoms with E-state index in [0.29, 0.717) is 0 Å². The topological polar surface area (TPSA) is 111 Å². The van der Waals surface area contributed by atoms with E-state index in [1.165, 1.54) is 11.1 Å². The first-order valence-corrected chi connectivity index (χ1v) is 13.7. The Hall–Kier alpha value is -2.65. The van der Waals surface area contributed by atoms with E-state index in [1.54, 1.807) is 9.80 Å². The number of carbonyl (C=O) groups is 2. The minimum Gasteiger partial charge on any atom is -0.542 e. The van der Waals surface area contributed by atoms with Gasteiger partial charge in [-0.15, -0.1) is 0 Å². The molecule has 0 aromatic heterocycles. The third kappa shape index (κ3) is 10.4. The fraction of sp³-hybridized carbons (Fsp3) is 0.600. The number of carboxylic acid groups (broad SMARTS) is 2. The number of hydrogen-bond donors (Lipinski definition) is 0. The maximum Gasteiger partial charge on any atom is 2.00 e. The van der Waals surface area contributed by atoms with Crippen LogP contribution in [0.25, 0.3) is 0 Å². The Bertz CT molecular complexity index is 952. The van der Waals surface area contributed by atoms with Gasteiger partial charge in [0.15, 0.2) is 11.7 Å². The summed E-state index contributed by atoms with van der Waals surface area (Å²) in [6.45, 7) is 19.5. The van der Waals surface area contributed by atoms with Crippen LogP contribution in [0.1, 0.15) is 94.9 Å². The molecule has 2 rings (SSSR count). The van der Waals surface area contributed by atoms with E-state index >= 15 is 0 Å². The molecule has 8 nitrogen and oxygen atoms in total. The molecule has 2 aliphatic carbocycles. The number of hydrogen-bond acceptors (Lipinski definition) is 6. The van der Waals surface area contributed by atoms with Gasteiger partial charge < -0.3 is 29.6 Å². The number of amidine groups is 2. The smallest absolute Gasteiger partial charge is 0.542 e. The molecule has 9 heteroatoms.